The normalized spacial score (nSPS) is 11.0. The lowest BCUT2D eigenvalue weighted by molar-refractivity contribution is -0.121. The van der Waals surface area contributed by atoms with Gasteiger partial charge in [0.2, 0.25) is 5.91 Å². The van der Waals surface area contributed by atoms with E-state index in [0.717, 1.165) is 25.0 Å². The van der Waals surface area contributed by atoms with Crippen LogP contribution in [-0.4, -0.2) is 96.0 Å². The Morgan fingerprint density at radius 1 is 0.704 bits per heavy atom. The topological polar surface area (TPSA) is 95.5 Å². The van der Waals surface area contributed by atoms with Gasteiger partial charge in [-0.3, -0.25) is 4.79 Å². The summed E-state index contributed by atoms with van der Waals surface area (Å²) in [6, 6.07) is 0. The van der Waals surface area contributed by atoms with Gasteiger partial charge in [-0.2, -0.15) is 12.6 Å². The van der Waals surface area contributed by atoms with Gasteiger partial charge in [0.05, 0.1) is 72.7 Å². The first-order chi connectivity index (χ1) is 13.3. The Hall–Kier alpha value is -0.420. The van der Waals surface area contributed by atoms with Crippen molar-refractivity contribution >= 4 is 18.5 Å². The van der Waals surface area contributed by atoms with E-state index >= 15 is 0 Å². The van der Waals surface area contributed by atoms with Crippen molar-refractivity contribution in [2.24, 2.45) is 0 Å². The van der Waals surface area contributed by atoms with Gasteiger partial charge in [-0.25, -0.2) is 0 Å². The second-order valence-electron chi connectivity index (χ2n) is 5.67. The van der Waals surface area contributed by atoms with Gasteiger partial charge in [0.15, 0.2) is 0 Å². The molecule has 0 fully saturated rings. The monoisotopic (exact) mass is 411 g/mol. The molecule has 0 aliphatic heterocycles. The minimum Gasteiger partial charge on any atom is -0.394 e. The van der Waals surface area contributed by atoms with E-state index < -0.39 is 0 Å². The van der Waals surface area contributed by atoms with Crippen molar-refractivity contribution in [2.45, 2.75) is 25.7 Å². The van der Waals surface area contributed by atoms with Crippen LogP contribution < -0.4 is 5.32 Å². The van der Waals surface area contributed by atoms with Crippen molar-refractivity contribution in [1.82, 2.24) is 5.32 Å². The third kappa shape index (κ3) is 23.5. The highest BCUT2D eigenvalue weighted by Gasteiger charge is 2.00. The Kier molecular flexibility index (Phi) is 23.3. The molecule has 9 heteroatoms. The van der Waals surface area contributed by atoms with Gasteiger partial charge in [-0.15, -0.1) is 0 Å². The Labute approximate surface area is 168 Å². The quantitative estimate of drug-likeness (QED) is 0.178. The molecule has 0 bridgehead atoms. The minimum absolute atomic E-state index is 0.0297. The largest absolute Gasteiger partial charge is 0.394 e. The number of aliphatic hydroxyl groups is 1. The molecule has 0 aliphatic carbocycles. The minimum atomic E-state index is 0.0297. The first-order valence-electron chi connectivity index (χ1n) is 9.68. The average molecular weight is 412 g/mol. The molecule has 0 aromatic rings. The molecule has 0 rings (SSSR count). The zero-order valence-corrected chi connectivity index (χ0v) is 17.3. The van der Waals surface area contributed by atoms with Crippen LogP contribution in [-0.2, 0) is 28.5 Å². The predicted octanol–water partition coefficient (Wildman–Crippen LogP) is 0.668. The fourth-order valence-corrected chi connectivity index (χ4v) is 2.20. The van der Waals surface area contributed by atoms with Crippen LogP contribution in [0.2, 0.25) is 0 Å². The number of aliphatic hydroxyl groups excluding tert-OH is 1. The highest BCUT2D eigenvalue weighted by atomic mass is 32.1. The number of thiol groups is 1. The van der Waals surface area contributed by atoms with Crippen molar-refractivity contribution in [3.8, 4) is 0 Å². The van der Waals surface area contributed by atoms with Crippen molar-refractivity contribution in [1.29, 1.82) is 0 Å². The lowest BCUT2D eigenvalue weighted by atomic mass is 10.2. The molecule has 0 aliphatic rings. The molecule has 0 aromatic carbocycles. The van der Waals surface area contributed by atoms with Crippen LogP contribution in [0.1, 0.15) is 25.7 Å². The summed E-state index contributed by atoms with van der Waals surface area (Å²) in [5.74, 6) is 0.952. The smallest absolute Gasteiger partial charge is 0.220 e. The highest BCUT2D eigenvalue weighted by Crippen LogP contribution is 2.00. The summed E-state index contributed by atoms with van der Waals surface area (Å²) in [6.07, 6.45) is 3.58. The molecule has 0 saturated heterocycles. The van der Waals surface area contributed by atoms with Crippen LogP contribution in [0.15, 0.2) is 0 Å². The average Bonchev–Trinajstić information content (AvgIpc) is 2.67. The Morgan fingerprint density at radius 3 is 1.67 bits per heavy atom. The fourth-order valence-electron chi connectivity index (χ4n) is 1.97. The van der Waals surface area contributed by atoms with E-state index in [-0.39, 0.29) is 12.5 Å². The van der Waals surface area contributed by atoms with Gasteiger partial charge >= 0.3 is 0 Å². The van der Waals surface area contributed by atoms with Crippen molar-refractivity contribution < 1.29 is 33.6 Å². The maximum Gasteiger partial charge on any atom is 0.220 e. The van der Waals surface area contributed by atoms with E-state index in [9.17, 15) is 4.79 Å². The summed E-state index contributed by atoms with van der Waals surface area (Å²) < 4.78 is 26.5. The predicted molar refractivity (Wildman–Crippen MR) is 107 cm³/mol. The van der Waals surface area contributed by atoms with E-state index in [1.807, 2.05) is 0 Å². The fraction of sp³-hybridized carbons (Fsp3) is 0.944. The zero-order valence-electron chi connectivity index (χ0n) is 16.4. The van der Waals surface area contributed by atoms with E-state index in [1.54, 1.807) is 0 Å². The third-order valence-electron chi connectivity index (χ3n) is 3.35. The number of amides is 1. The molecular formula is C18H37NO7S. The molecule has 1 amide bonds. The SMILES string of the molecule is O=C(CCCCCS)NCCOCCOCCOCCOCCOCCO. The molecule has 2 N–H and O–H groups in total. The number of hydrogen-bond donors (Lipinski definition) is 3. The second-order valence-corrected chi connectivity index (χ2v) is 6.12. The van der Waals surface area contributed by atoms with Crippen LogP contribution in [0.3, 0.4) is 0 Å². The number of rotatable bonds is 22. The maximum absolute atomic E-state index is 11.5. The van der Waals surface area contributed by atoms with E-state index in [2.05, 4.69) is 17.9 Å². The summed E-state index contributed by atoms with van der Waals surface area (Å²) in [5.41, 5.74) is 0. The van der Waals surface area contributed by atoms with Gasteiger partial charge in [-0.1, -0.05) is 6.42 Å². The van der Waals surface area contributed by atoms with Gasteiger partial charge < -0.3 is 34.1 Å². The first-order valence-corrected chi connectivity index (χ1v) is 10.3. The van der Waals surface area contributed by atoms with E-state index in [0.29, 0.717) is 79.0 Å². The van der Waals surface area contributed by atoms with Crippen LogP contribution in [0.25, 0.3) is 0 Å². The molecule has 0 radical (unpaired) electrons. The van der Waals surface area contributed by atoms with Crippen molar-refractivity contribution in [2.75, 3.05) is 85.0 Å². The molecule has 0 saturated carbocycles. The van der Waals surface area contributed by atoms with Crippen LogP contribution in [0.4, 0.5) is 0 Å². The molecule has 8 nitrogen and oxygen atoms in total. The van der Waals surface area contributed by atoms with Gasteiger partial charge in [0.1, 0.15) is 0 Å². The number of hydrogen-bond acceptors (Lipinski definition) is 8. The number of nitrogens with one attached hydrogen (secondary N) is 1. The first kappa shape index (κ1) is 26.6. The van der Waals surface area contributed by atoms with Gasteiger partial charge in [0, 0.05) is 13.0 Å². The molecule has 0 heterocycles. The Balaban J connectivity index is 3.07. The molecule has 0 spiro atoms. The van der Waals surface area contributed by atoms with Crippen molar-refractivity contribution in [3.63, 3.8) is 0 Å². The zero-order chi connectivity index (χ0) is 19.8. The Bertz CT molecular complexity index is 311. The molecule has 162 valence electrons. The third-order valence-corrected chi connectivity index (χ3v) is 3.67. The van der Waals surface area contributed by atoms with Crippen LogP contribution in [0.5, 0.6) is 0 Å². The van der Waals surface area contributed by atoms with E-state index in [4.69, 9.17) is 28.8 Å². The number of unbranched alkanes of at least 4 members (excludes halogenated alkanes) is 2. The lowest BCUT2D eigenvalue weighted by Crippen LogP contribution is -2.27. The molecule has 0 atom stereocenters. The standard InChI is InChI=1S/C18H37NO7S/c20-6-8-23-10-12-25-14-16-26-15-13-24-11-9-22-7-5-19-18(21)4-2-1-3-17-27/h20,27H,1-17H2,(H,19,21). The summed E-state index contributed by atoms with van der Waals surface area (Å²) in [5, 5.41) is 11.4. The molecule has 0 aromatic heterocycles. The second kappa shape index (κ2) is 23.6. The molecule has 27 heavy (non-hydrogen) atoms. The molecule has 0 unspecified atom stereocenters. The molecular weight excluding hydrogens is 374 g/mol. The maximum atomic E-state index is 11.5. The summed E-state index contributed by atoms with van der Waals surface area (Å²) in [6.45, 7) is 5.38. The summed E-state index contributed by atoms with van der Waals surface area (Å²) >= 11 is 4.14. The van der Waals surface area contributed by atoms with Crippen LogP contribution >= 0.6 is 12.6 Å². The van der Waals surface area contributed by atoms with Crippen molar-refractivity contribution in [3.05, 3.63) is 0 Å². The lowest BCUT2D eigenvalue weighted by Gasteiger charge is -2.08. The number of carbonyl (C=O) groups is 1. The van der Waals surface area contributed by atoms with Crippen LogP contribution in [0, 0.1) is 0 Å². The van der Waals surface area contributed by atoms with Gasteiger partial charge in [-0.05, 0) is 18.6 Å². The highest BCUT2D eigenvalue weighted by molar-refractivity contribution is 7.80. The summed E-state index contributed by atoms with van der Waals surface area (Å²) in [4.78, 5) is 11.5. The number of ether oxygens (including phenoxy) is 5. The van der Waals surface area contributed by atoms with Gasteiger partial charge in [0.25, 0.3) is 0 Å². The summed E-state index contributed by atoms with van der Waals surface area (Å²) in [7, 11) is 0. The number of carbonyl (C=O) groups excluding carboxylic acids is 1. The van der Waals surface area contributed by atoms with E-state index in [1.165, 1.54) is 0 Å². The Morgan fingerprint density at radius 2 is 1.19 bits per heavy atom.